The zero-order valence-corrected chi connectivity index (χ0v) is 4.66. The van der Waals surface area contributed by atoms with Gasteiger partial charge in [0.25, 0.3) is 0 Å². The molecule has 0 rings (SSSR count). The Labute approximate surface area is 46.8 Å². The molecule has 0 aromatic rings. The summed E-state index contributed by atoms with van der Waals surface area (Å²) < 4.78 is 3.76. The molecule has 0 aliphatic carbocycles. The molecule has 0 aliphatic heterocycles. The third kappa shape index (κ3) is 3.55. The number of halogens is 1. The van der Waals surface area contributed by atoms with Gasteiger partial charge in [0.1, 0.15) is 11.9 Å². The summed E-state index contributed by atoms with van der Waals surface area (Å²) in [4.78, 5) is 10.00. The van der Waals surface area contributed by atoms with Crippen LogP contribution in [0.2, 0.25) is 0 Å². The molecule has 0 spiro atoms. The highest BCUT2D eigenvalue weighted by atomic mass is 35.5. The Morgan fingerprint density at radius 1 is 2.00 bits per heavy atom. The van der Waals surface area contributed by atoms with Gasteiger partial charge in [0.2, 0.25) is 0 Å². The first-order valence-corrected chi connectivity index (χ1v) is 2.08. The molecule has 0 aromatic carbocycles. The van der Waals surface area contributed by atoms with Crippen LogP contribution in [0.4, 0.5) is 0 Å². The molecule has 0 aromatic heterocycles. The van der Waals surface area contributed by atoms with Crippen LogP contribution in [0.3, 0.4) is 0 Å². The van der Waals surface area contributed by atoms with Crippen molar-refractivity contribution >= 4 is 17.8 Å². The van der Waals surface area contributed by atoms with Crippen molar-refractivity contribution in [2.24, 2.45) is 0 Å². The zero-order valence-electron chi connectivity index (χ0n) is 3.90. The predicted octanol–water partition coefficient (Wildman–Crippen LogP) is -0.0972. The third-order valence-electron chi connectivity index (χ3n) is 0.407. The molecule has 0 unspecified atom stereocenters. The molecule has 4 heteroatoms. The number of likely N-dealkylation sites (N-methyl/N-ethyl adjacent to an activating group) is 1. The van der Waals surface area contributed by atoms with Gasteiger partial charge in [-0.15, -0.1) is 0 Å². The van der Waals surface area contributed by atoms with E-state index in [1.54, 1.807) is 7.05 Å². The molecule has 0 radical (unpaired) electrons. The van der Waals surface area contributed by atoms with Crippen molar-refractivity contribution in [3.8, 4) is 0 Å². The fourth-order valence-electron chi connectivity index (χ4n) is 0.172. The molecule has 7 heavy (non-hydrogen) atoms. The molecular formula is C3H6ClNO2. The van der Waals surface area contributed by atoms with Crippen LogP contribution in [0, 0.1) is 0 Å². The summed E-state index contributed by atoms with van der Waals surface area (Å²) in [5.74, 6) is -0.468. The summed E-state index contributed by atoms with van der Waals surface area (Å²) in [5.41, 5.74) is 0. The molecule has 0 bridgehead atoms. The van der Waals surface area contributed by atoms with Crippen LogP contribution in [-0.2, 0) is 9.08 Å². The van der Waals surface area contributed by atoms with Gasteiger partial charge < -0.3 is 9.61 Å². The number of nitrogens with one attached hydrogen (secondary N) is 1. The normalized spacial score (nSPS) is 8.29. The average Bonchev–Trinajstić information content (AvgIpc) is 1.68. The number of rotatable bonds is 2. The van der Waals surface area contributed by atoms with Crippen LogP contribution < -0.4 is 5.32 Å². The molecule has 0 fully saturated rings. The van der Waals surface area contributed by atoms with E-state index in [2.05, 4.69) is 21.5 Å². The first kappa shape index (κ1) is 6.72. The lowest BCUT2D eigenvalue weighted by atomic mass is 10.7. The van der Waals surface area contributed by atoms with E-state index >= 15 is 0 Å². The molecule has 0 heterocycles. The highest BCUT2D eigenvalue weighted by Crippen LogP contribution is 1.77. The second-order valence-electron chi connectivity index (χ2n) is 0.979. The van der Waals surface area contributed by atoms with Crippen LogP contribution in [0.15, 0.2) is 0 Å². The van der Waals surface area contributed by atoms with Gasteiger partial charge >= 0.3 is 5.97 Å². The summed E-state index contributed by atoms with van der Waals surface area (Å²) in [6.45, 7) is 0.156. The summed E-state index contributed by atoms with van der Waals surface area (Å²) >= 11 is 4.64. The van der Waals surface area contributed by atoms with Crippen molar-refractivity contribution in [3.05, 3.63) is 0 Å². The molecule has 1 N–H and O–H groups in total. The monoisotopic (exact) mass is 123 g/mol. The number of carbonyl (C=O) groups excluding carboxylic acids is 1. The summed E-state index contributed by atoms with van der Waals surface area (Å²) in [5, 5.41) is 2.56. The van der Waals surface area contributed by atoms with Crippen molar-refractivity contribution in [3.63, 3.8) is 0 Å². The van der Waals surface area contributed by atoms with Crippen LogP contribution in [0.1, 0.15) is 0 Å². The lowest BCUT2D eigenvalue weighted by molar-refractivity contribution is -0.132. The summed E-state index contributed by atoms with van der Waals surface area (Å²) in [7, 11) is 1.63. The Hall–Kier alpha value is -0.280. The number of hydrogen-bond donors (Lipinski definition) is 1. The SMILES string of the molecule is CNCC(=O)OCl. The van der Waals surface area contributed by atoms with Gasteiger partial charge in [0.15, 0.2) is 0 Å². The third-order valence-corrected chi connectivity index (χ3v) is 0.579. The number of carbonyl (C=O) groups is 1. The Morgan fingerprint density at radius 3 is 2.71 bits per heavy atom. The van der Waals surface area contributed by atoms with Crippen molar-refractivity contribution in [1.82, 2.24) is 5.32 Å². The van der Waals surface area contributed by atoms with Crippen LogP contribution in [0.25, 0.3) is 0 Å². The van der Waals surface area contributed by atoms with Gasteiger partial charge in [-0.05, 0) is 7.05 Å². The topological polar surface area (TPSA) is 38.3 Å². The molecule has 0 atom stereocenters. The van der Waals surface area contributed by atoms with Gasteiger partial charge in [-0.3, -0.25) is 0 Å². The van der Waals surface area contributed by atoms with Gasteiger partial charge in [-0.2, -0.15) is 0 Å². The Kier molecular flexibility index (Phi) is 3.74. The van der Waals surface area contributed by atoms with E-state index in [1.807, 2.05) is 0 Å². The van der Waals surface area contributed by atoms with Gasteiger partial charge in [0.05, 0.1) is 6.54 Å². The minimum absolute atomic E-state index is 0.156. The van der Waals surface area contributed by atoms with Gasteiger partial charge in [-0.25, -0.2) is 4.79 Å². The van der Waals surface area contributed by atoms with E-state index in [1.165, 1.54) is 0 Å². The van der Waals surface area contributed by atoms with Crippen molar-refractivity contribution < 1.29 is 9.08 Å². The molecule has 0 aliphatic rings. The first-order valence-electron chi connectivity index (χ1n) is 1.77. The fourth-order valence-corrected chi connectivity index (χ4v) is 0.226. The van der Waals surface area contributed by atoms with Crippen molar-refractivity contribution in [2.75, 3.05) is 13.6 Å². The first-order chi connectivity index (χ1) is 3.31. The van der Waals surface area contributed by atoms with E-state index in [-0.39, 0.29) is 6.54 Å². The maximum absolute atomic E-state index is 10.00. The molecule has 0 saturated carbocycles. The van der Waals surface area contributed by atoms with Crippen LogP contribution >= 0.6 is 11.9 Å². The van der Waals surface area contributed by atoms with Gasteiger partial charge in [-0.1, -0.05) is 0 Å². The maximum Gasteiger partial charge on any atom is 0.338 e. The lowest BCUT2D eigenvalue weighted by Crippen LogP contribution is -2.17. The van der Waals surface area contributed by atoms with E-state index in [4.69, 9.17) is 0 Å². The zero-order chi connectivity index (χ0) is 5.70. The molecule has 42 valence electrons. The van der Waals surface area contributed by atoms with Crippen LogP contribution in [-0.4, -0.2) is 19.6 Å². The smallest absolute Gasteiger partial charge is 0.338 e. The Morgan fingerprint density at radius 2 is 2.57 bits per heavy atom. The van der Waals surface area contributed by atoms with E-state index in [9.17, 15) is 4.79 Å². The molecule has 0 saturated heterocycles. The van der Waals surface area contributed by atoms with E-state index in [0.29, 0.717) is 0 Å². The highest BCUT2D eigenvalue weighted by molar-refractivity contribution is 6.13. The lowest BCUT2D eigenvalue weighted by Gasteiger charge is -1.89. The maximum atomic E-state index is 10.00. The Bertz CT molecular complexity index is 66.0. The molecule has 0 amide bonds. The highest BCUT2D eigenvalue weighted by Gasteiger charge is 1.94. The van der Waals surface area contributed by atoms with E-state index in [0.717, 1.165) is 0 Å². The fraction of sp³-hybridized carbons (Fsp3) is 0.667. The second kappa shape index (κ2) is 3.89. The van der Waals surface area contributed by atoms with Gasteiger partial charge in [0, 0.05) is 0 Å². The Balaban J connectivity index is 3.00. The average molecular weight is 124 g/mol. The van der Waals surface area contributed by atoms with E-state index < -0.39 is 5.97 Å². The standard InChI is InChI=1S/C3H6ClNO2/c1-5-2-3(6)7-4/h5H,2H2,1H3. The predicted molar refractivity (Wildman–Crippen MR) is 25.9 cm³/mol. The van der Waals surface area contributed by atoms with Crippen LogP contribution in [0.5, 0.6) is 0 Å². The minimum Gasteiger partial charge on any atom is -0.346 e. The molecular weight excluding hydrogens is 117 g/mol. The van der Waals surface area contributed by atoms with Crippen molar-refractivity contribution in [2.45, 2.75) is 0 Å². The second-order valence-corrected chi connectivity index (χ2v) is 1.13. The summed E-state index contributed by atoms with van der Waals surface area (Å²) in [6, 6.07) is 0. The van der Waals surface area contributed by atoms with Crippen molar-refractivity contribution in [1.29, 1.82) is 0 Å². The largest absolute Gasteiger partial charge is 0.346 e. The minimum atomic E-state index is -0.468. The molecule has 3 nitrogen and oxygen atoms in total. The number of hydrogen-bond acceptors (Lipinski definition) is 3. The summed E-state index contributed by atoms with van der Waals surface area (Å²) in [6.07, 6.45) is 0. The quantitative estimate of drug-likeness (QED) is 0.558.